The summed E-state index contributed by atoms with van der Waals surface area (Å²) in [6.45, 7) is 3.39. The van der Waals surface area contributed by atoms with Crippen molar-refractivity contribution >= 4 is 22.7 Å². The van der Waals surface area contributed by atoms with Crippen molar-refractivity contribution in [3.8, 4) is 0 Å². The average molecular weight is 317 g/mol. The van der Waals surface area contributed by atoms with E-state index in [4.69, 9.17) is 0 Å². The van der Waals surface area contributed by atoms with Gasteiger partial charge in [-0.3, -0.25) is 10.3 Å². The highest BCUT2D eigenvalue weighted by atomic mass is 32.1. The third-order valence-electron chi connectivity index (χ3n) is 3.79. The Morgan fingerprint density at radius 3 is 3.18 bits per heavy atom. The van der Waals surface area contributed by atoms with E-state index in [1.165, 1.54) is 17.1 Å². The number of aromatic nitrogens is 3. The number of hydrogen-bond donors (Lipinski definition) is 1. The van der Waals surface area contributed by atoms with Crippen LogP contribution in [0.2, 0.25) is 0 Å². The molecule has 1 saturated heterocycles. The first-order chi connectivity index (χ1) is 10.7. The number of urea groups is 1. The Bertz CT molecular complexity index is 630. The van der Waals surface area contributed by atoms with Gasteiger partial charge in [-0.2, -0.15) is 4.37 Å². The normalized spacial score (nSPS) is 18.2. The van der Waals surface area contributed by atoms with E-state index in [-0.39, 0.29) is 6.03 Å². The highest BCUT2D eigenvalue weighted by molar-refractivity contribution is 7.09. The van der Waals surface area contributed by atoms with Gasteiger partial charge in [-0.1, -0.05) is 6.07 Å². The molecule has 0 bridgehead atoms. The molecular weight excluding hydrogens is 298 g/mol. The first kappa shape index (κ1) is 14.9. The molecule has 1 fully saturated rings. The van der Waals surface area contributed by atoms with Gasteiger partial charge in [0.1, 0.15) is 5.82 Å². The summed E-state index contributed by atoms with van der Waals surface area (Å²) >= 11 is 1.22. The lowest BCUT2D eigenvalue weighted by molar-refractivity contribution is 0.177. The van der Waals surface area contributed by atoms with Crippen LogP contribution in [0, 0.1) is 12.8 Å². The molecule has 22 heavy (non-hydrogen) atoms. The van der Waals surface area contributed by atoms with Crippen molar-refractivity contribution in [2.24, 2.45) is 5.92 Å². The van der Waals surface area contributed by atoms with Crippen molar-refractivity contribution < 1.29 is 4.79 Å². The van der Waals surface area contributed by atoms with E-state index in [0.29, 0.717) is 16.9 Å². The highest BCUT2D eigenvalue weighted by Crippen LogP contribution is 2.21. The fourth-order valence-corrected chi connectivity index (χ4v) is 3.35. The van der Waals surface area contributed by atoms with Crippen molar-refractivity contribution in [3.63, 3.8) is 0 Å². The van der Waals surface area contributed by atoms with Crippen LogP contribution in [0.4, 0.5) is 9.93 Å². The van der Waals surface area contributed by atoms with Gasteiger partial charge in [0.2, 0.25) is 5.13 Å². The summed E-state index contributed by atoms with van der Waals surface area (Å²) in [7, 11) is 0. The molecule has 1 atom stereocenters. The molecule has 1 aliphatic heterocycles. The molecule has 2 aromatic heterocycles. The maximum atomic E-state index is 12.3. The fraction of sp³-hybridized carbons (Fsp3) is 0.467. The van der Waals surface area contributed by atoms with Crippen LogP contribution in [0.5, 0.6) is 0 Å². The fourth-order valence-electron chi connectivity index (χ4n) is 2.79. The number of piperidine rings is 1. The number of pyridine rings is 1. The number of aryl methyl sites for hydroxylation is 1. The summed E-state index contributed by atoms with van der Waals surface area (Å²) in [5.74, 6) is 1.17. The van der Waals surface area contributed by atoms with Crippen LogP contribution in [0.25, 0.3) is 0 Å². The van der Waals surface area contributed by atoms with E-state index in [1.807, 2.05) is 24.1 Å². The second-order valence-electron chi connectivity index (χ2n) is 5.60. The Morgan fingerprint density at radius 1 is 1.55 bits per heavy atom. The lowest BCUT2D eigenvalue weighted by atomic mass is 9.92. The molecule has 1 N–H and O–H groups in total. The second-order valence-corrected chi connectivity index (χ2v) is 6.35. The largest absolute Gasteiger partial charge is 0.324 e. The maximum Gasteiger partial charge on any atom is 0.323 e. The van der Waals surface area contributed by atoms with Crippen LogP contribution < -0.4 is 5.32 Å². The molecule has 0 radical (unpaired) electrons. The Labute approximate surface area is 133 Å². The van der Waals surface area contributed by atoms with Gasteiger partial charge >= 0.3 is 6.03 Å². The SMILES string of the molecule is Cc1nsc(NC(=O)N2CCC[C@H](Cc3cccnc3)C2)n1. The van der Waals surface area contributed by atoms with E-state index >= 15 is 0 Å². The van der Waals surface area contributed by atoms with Crippen LogP contribution in [0.1, 0.15) is 24.2 Å². The second kappa shape index (κ2) is 6.83. The number of hydrogen-bond acceptors (Lipinski definition) is 5. The van der Waals surface area contributed by atoms with Crippen LogP contribution >= 0.6 is 11.5 Å². The third kappa shape index (κ3) is 3.79. The average Bonchev–Trinajstić information content (AvgIpc) is 2.93. The molecule has 0 unspecified atom stereocenters. The maximum absolute atomic E-state index is 12.3. The summed E-state index contributed by atoms with van der Waals surface area (Å²) in [6.07, 6.45) is 6.84. The van der Waals surface area contributed by atoms with Crippen LogP contribution in [-0.4, -0.2) is 38.4 Å². The van der Waals surface area contributed by atoms with E-state index in [1.54, 1.807) is 6.20 Å². The van der Waals surface area contributed by atoms with Gasteiger partial charge in [0.15, 0.2) is 0 Å². The lowest BCUT2D eigenvalue weighted by Crippen LogP contribution is -2.42. The molecule has 1 aliphatic rings. The minimum Gasteiger partial charge on any atom is -0.324 e. The molecular formula is C15H19N5OS. The van der Waals surface area contributed by atoms with Crippen molar-refractivity contribution in [1.82, 2.24) is 19.2 Å². The predicted molar refractivity (Wildman–Crippen MR) is 85.9 cm³/mol. The van der Waals surface area contributed by atoms with E-state index in [0.717, 1.165) is 32.4 Å². The zero-order valence-corrected chi connectivity index (χ0v) is 13.3. The first-order valence-corrected chi connectivity index (χ1v) is 8.23. The topological polar surface area (TPSA) is 71.0 Å². The quantitative estimate of drug-likeness (QED) is 0.945. The number of carbonyl (C=O) groups is 1. The number of rotatable bonds is 3. The molecule has 3 heterocycles. The molecule has 116 valence electrons. The van der Waals surface area contributed by atoms with Gasteiger partial charge in [-0.05, 0) is 43.7 Å². The number of carbonyl (C=O) groups excluding carboxylic acids is 1. The molecule has 0 aromatic carbocycles. The number of likely N-dealkylation sites (tertiary alicyclic amines) is 1. The summed E-state index contributed by atoms with van der Waals surface area (Å²) in [5, 5.41) is 3.40. The standard InChI is InChI=1S/C15H19N5OS/c1-11-17-14(22-19-11)18-15(21)20-7-3-5-13(10-20)8-12-4-2-6-16-9-12/h2,4,6,9,13H,3,5,7-8,10H2,1H3,(H,17,18,19,21)/t13-/m1/s1. The van der Waals surface area contributed by atoms with Gasteiger partial charge < -0.3 is 4.90 Å². The Morgan fingerprint density at radius 2 is 2.45 bits per heavy atom. The van der Waals surface area contributed by atoms with Gasteiger partial charge in [-0.15, -0.1) is 0 Å². The summed E-state index contributed by atoms with van der Waals surface area (Å²) in [4.78, 5) is 22.5. The molecule has 0 spiro atoms. The van der Waals surface area contributed by atoms with Gasteiger partial charge in [0.25, 0.3) is 0 Å². The zero-order valence-electron chi connectivity index (χ0n) is 12.5. The summed E-state index contributed by atoms with van der Waals surface area (Å²) < 4.78 is 4.08. The molecule has 7 heteroatoms. The molecule has 0 saturated carbocycles. The number of nitrogens with one attached hydrogen (secondary N) is 1. The van der Waals surface area contributed by atoms with Gasteiger partial charge in [0, 0.05) is 37.0 Å². The van der Waals surface area contributed by atoms with E-state index in [9.17, 15) is 4.79 Å². The number of anilines is 1. The van der Waals surface area contributed by atoms with Crippen LogP contribution in [0.3, 0.4) is 0 Å². The molecule has 2 amide bonds. The number of nitrogens with zero attached hydrogens (tertiary/aromatic N) is 4. The van der Waals surface area contributed by atoms with E-state index in [2.05, 4.69) is 25.7 Å². The first-order valence-electron chi connectivity index (χ1n) is 7.46. The summed E-state index contributed by atoms with van der Waals surface area (Å²) in [5.41, 5.74) is 1.23. The molecule has 3 rings (SSSR count). The molecule has 0 aliphatic carbocycles. The number of amides is 2. The Kier molecular flexibility index (Phi) is 4.62. The monoisotopic (exact) mass is 317 g/mol. The Balaban J connectivity index is 1.57. The minimum atomic E-state index is -0.0768. The molecule has 6 nitrogen and oxygen atoms in total. The highest BCUT2D eigenvalue weighted by Gasteiger charge is 2.24. The van der Waals surface area contributed by atoms with Gasteiger partial charge in [-0.25, -0.2) is 9.78 Å². The van der Waals surface area contributed by atoms with Crippen LogP contribution in [0.15, 0.2) is 24.5 Å². The van der Waals surface area contributed by atoms with Crippen molar-refractivity contribution in [2.75, 3.05) is 18.4 Å². The lowest BCUT2D eigenvalue weighted by Gasteiger charge is -2.32. The third-order valence-corrected chi connectivity index (χ3v) is 4.52. The zero-order chi connectivity index (χ0) is 15.4. The van der Waals surface area contributed by atoms with Crippen LogP contribution in [-0.2, 0) is 6.42 Å². The minimum absolute atomic E-state index is 0.0768. The smallest absolute Gasteiger partial charge is 0.323 e. The van der Waals surface area contributed by atoms with Crippen molar-refractivity contribution in [2.45, 2.75) is 26.2 Å². The van der Waals surface area contributed by atoms with Gasteiger partial charge in [0.05, 0.1) is 0 Å². The van der Waals surface area contributed by atoms with Crippen molar-refractivity contribution in [3.05, 3.63) is 35.9 Å². The van der Waals surface area contributed by atoms with Crippen molar-refractivity contribution in [1.29, 1.82) is 0 Å². The Hall–Kier alpha value is -2.02. The predicted octanol–water partition coefficient (Wildman–Crippen LogP) is 2.73. The molecule has 2 aromatic rings. The summed E-state index contributed by atoms with van der Waals surface area (Å²) in [6, 6.07) is 3.98. The van der Waals surface area contributed by atoms with E-state index < -0.39 is 0 Å².